The molecule has 1 aliphatic rings. The lowest BCUT2D eigenvalue weighted by atomic mass is 10.0. The van der Waals surface area contributed by atoms with Crippen LogP contribution in [0.2, 0.25) is 0 Å². The average molecular weight is 309 g/mol. The predicted octanol–water partition coefficient (Wildman–Crippen LogP) is 3.86. The van der Waals surface area contributed by atoms with E-state index >= 15 is 0 Å². The zero-order valence-corrected chi connectivity index (χ0v) is 13.6. The van der Waals surface area contributed by atoms with E-state index in [1.54, 1.807) is 0 Å². The summed E-state index contributed by atoms with van der Waals surface area (Å²) in [7, 11) is 0. The van der Waals surface area contributed by atoms with Gasteiger partial charge in [-0.1, -0.05) is 61.5 Å². The second-order valence-electron chi connectivity index (χ2n) is 5.99. The molecule has 1 heterocycles. The van der Waals surface area contributed by atoms with E-state index in [1.165, 1.54) is 16.7 Å². The van der Waals surface area contributed by atoms with Crippen molar-refractivity contribution in [2.24, 2.45) is 0 Å². The van der Waals surface area contributed by atoms with Gasteiger partial charge in [-0.3, -0.25) is 0 Å². The van der Waals surface area contributed by atoms with Gasteiger partial charge in [0.2, 0.25) is 0 Å². The highest BCUT2D eigenvalue weighted by atomic mass is 16.6. The van der Waals surface area contributed by atoms with Gasteiger partial charge >= 0.3 is 6.09 Å². The highest BCUT2D eigenvalue weighted by molar-refractivity contribution is 5.70. The Kier molecular flexibility index (Phi) is 4.96. The maximum Gasteiger partial charge on any atom is 0.410 e. The lowest BCUT2D eigenvalue weighted by molar-refractivity contribution is 0.158. The zero-order chi connectivity index (χ0) is 16.1. The minimum atomic E-state index is -0.181. The van der Waals surface area contributed by atoms with E-state index in [0.29, 0.717) is 13.2 Å². The van der Waals surface area contributed by atoms with Crippen LogP contribution in [0.1, 0.15) is 23.6 Å². The molecule has 0 bridgehead atoms. The van der Waals surface area contributed by atoms with Gasteiger partial charge in [0.15, 0.2) is 0 Å². The fourth-order valence-electron chi connectivity index (χ4n) is 3.21. The summed E-state index contributed by atoms with van der Waals surface area (Å²) in [6, 6.07) is 18.9. The highest BCUT2D eigenvalue weighted by Crippen LogP contribution is 2.19. The zero-order valence-electron chi connectivity index (χ0n) is 13.6. The highest BCUT2D eigenvalue weighted by Gasteiger charge is 2.32. The van der Waals surface area contributed by atoms with E-state index in [2.05, 4.69) is 43.3 Å². The SMILES string of the molecule is CCc1ccccc1CCN1C(=O)OC[C@H]1Cc1ccccc1. The lowest BCUT2D eigenvalue weighted by Crippen LogP contribution is -2.36. The van der Waals surface area contributed by atoms with E-state index in [4.69, 9.17) is 4.74 Å². The monoisotopic (exact) mass is 309 g/mol. The number of carbonyl (C=O) groups is 1. The molecule has 0 spiro atoms. The average Bonchev–Trinajstić information content (AvgIpc) is 2.94. The van der Waals surface area contributed by atoms with Crippen LogP contribution in [0.4, 0.5) is 4.79 Å². The summed E-state index contributed by atoms with van der Waals surface area (Å²) in [5.74, 6) is 0. The van der Waals surface area contributed by atoms with Gasteiger partial charge < -0.3 is 9.64 Å². The molecule has 3 heteroatoms. The molecule has 1 atom stereocenters. The van der Waals surface area contributed by atoms with Crippen molar-refractivity contribution < 1.29 is 9.53 Å². The molecule has 1 aliphatic heterocycles. The number of carbonyl (C=O) groups excluding carboxylic acids is 1. The predicted molar refractivity (Wildman–Crippen MR) is 91.5 cm³/mol. The molecule has 0 aromatic heterocycles. The molecule has 2 aromatic carbocycles. The summed E-state index contributed by atoms with van der Waals surface area (Å²) in [5, 5.41) is 0. The molecular weight excluding hydrogens is 286 g/mol. The first-order chi connectivity index (χ1) is 11.3. The molecule has 1 saturated heterocycles. The van der Waals surface area contributed by atoms with E-state index in [0.717, 1.165) is 19.3 Å². The van der Waals surface area contributed by atoms with E-state index in [1.807, 2.05) is 23.1 Å². The van der Waals surface area contributed by atoms with Crippen molar-refractivity contribution in [2.45, 2.75) is 32.2 Å². The van der Waals surface area contributed by atoms with Crippen LogP contribution in [-0.2, 0) is 24.0 Å². The molecule has 23 heavy (non-hydrogen) atoms. The number of aryl methyl sites for hydroxylation is 1. The molecule has 120 valence electrons. The van der Waals surface area contributed by atoms with Gasteiger partial charge in [-0.05, 0) is 36.0 Å². The number of nitrogens with zero attached hydrogens (tertiary/aromatic N) is 1. The molecule has 2 aromatic rings. The van der Waals surface area contributed by atoms with E-state index in [9.17, 15) is 4.79 Å². The van der Waals surface area contributed by atoms with Gasteiger partial charge in [-0.15, -0.1) is 0 Å². The first-order valence-corrected chi connectivity index (χ1v) is 8.32. The van der Waals surface area contributed by atoms with Crippen LogP contribution < -0.4 is 0 Å². The van der Waals surface area contributed by atoms with Crippen LogP contribution in [0.3, 0.4) is 0 Å². The van der Waals surface area contributed by atoms with E-state index < -0.39 is 0 Å². The van der Waals surface area contributed by atoms with Crippen LogP contribution in [0.5, 0.6) is 0 Å². The van der Waals surface area contributed by atoms with Gasteiger partial charge in [-0.25, -0.2) is 4.79 Å². The molecule has 0 saturated carbocycles. The van der Waals surface area contributed by atoms with Crippen molar-refractivity contribution >= 4 is 6.09 Å². The number of hydrogen-bond acceptors (Lipinski definition) is 2. The van der Waals surface area contributed by atoms with Crippen molar-refractivity contribution in [3.63, 3.8) is 0 Å². The third-order valence-corrected chi connectivity index (χ3v) is 4.51. The van der Waals surface area contributed by atoms with Gasteiger partial charge in [-0.2, -0.15) is 0 Å². The Morgan fingerprint density at radius 1 is 1.04 bits per heavy atom. The van der Waals surface area contributed by atoms with Gasteiger partial charge in [0.05, 0.1) is 6.04 Å². The van der Waals surface area contributed by atoms with Crippen LogP contribution in [0, 0.1) is 0 Å². The van der Waals surface area contributed by atoms with Crippen molar-refractivity contribution in [1.29, 1.82) is 0 Å². The Hall–Kier alpha value is -2.29. The number of amides is 1. The Morgan fingerprint density at radius 3 is 2.48 bits per heavy atom. The maximum absolute atomic E-state index is 12.1. The van der Waals surface area contributed by atoms with Crippen molar-refractivity contribution in [2.75, 3.05) is 13.2 Å². The quantitative estimate of drug-likeness (QED) is 0.811. The molecule has 0 aliphatic carbocycles. The van der Waals surface area contributed by atoms with Crippen LogP contribution in [-0.4, -0.2) is 30.2 Å². The summed E-state index contributed by atoms with van der Waals surface area (Å²) in [6.45, 7) is 3.37. The number of hydrogen-bond donors (Lipinski definition) is 0. The summed E-state index contributed by atoms with van der Waals surface area (Å²) >= 11 is 0. The Labute approximate surface area is 137 Å². The molecule has 0 radical (unpaired) electrons. The third kappa shape index (κ3) is 3.73. The molecule has 0 unspecified atom stereocenters. The van der Waals surface area contributed by atoms with Crippen molar-refractivity contribution in [1.82, 2.24) is 4.90 Å². The second-order valence-corrected chi connectivity index (χ2v) is 5.99. The van der Waals surface area contributed by atoms with Crippen molar-refractivity contribution in [3.05, 3.63) is 71.3 Å². The van der Waals surface area contributed by atoms with Gasteiger partial charge in [0.25, 0.3) is 0 Å². The maximum atomic E-state index is 12.1. The summed E-state index contributed by atoms with van der Waals surface area (Å²) < 4.78 is 5.28. The Balaban J connectivity index is 1.66. The lowest BCUT2D eigenvalue weighted by Gasteiger charge is -2.22. The fourth-order valence-corrected chi connectivity index (χ4v) is 3.21. The van der Waals surface area contributed by atoms with Crippen molar-refractivity contribution in [3.8, 4) is 0 Å². The summed E-state index contributed by atoms with van der Waals surface area (Å²) in [4.78, 5) is 13.9. The Morgan fingerprint density at radius 2 is 1.74 bits per heavy atom. The number of rotatable bonds is 6. The summed E-state index contributed by atoms with van der Waals surface area (Å²) in [5.41, 5.74) is 3.93. The summed E-state index contributed by atoms with van der Waals surface area (Å²) in [6.07, 6.45) is 2.57. The molecule has 0 N–H and O–H groups in total. The number of benzene rings is 2. The van der Waals surface area contributed by atoms with Crippen LogP contribution >= 0.6 is 0 Å². The number of cyclic esters (lactones) is 1. The van der Waals surface area contributed by atoms with E-state index in [-0.39, 0.29) is 12.1 Å². The van der Waals surface area contributed by atoms with Crippen LogP contribution in [0.25, 0.3) is 0 Å². The molecule has 3 nitrogen and oxygen atoms in total. The molecular formula is C20H23NO2. The molecule has 1 fully saturated rings. The number of ether oxygens (including phenoxy) is 1. The van der Waals surface area contributed by atoms with Crippen LogP contribution in [0.15, 0.2) is 54.6 Å². The molecule has 3 rings (SSSR count). The molecule has 1 amide bonds. The van der Waals surface area contributed by atoms with Gasteiger partial charge in [0, 0.05) is 6.54 Å². The third-order valence-electron chi connectivity index (χ3n) is 4.51. The Bertz CT molecular complexity index is 654. The fraction of sp³-hybridized carbons (Fsp3) is 0.350. The minimum absolute atomic E-state index is 0.138. The smallest absolute Gasteiger partial charge is 0.410 e. The second kappa shape index (κ2) is 7.32. The van der Waals surface area contributed by atoms with Gasteiger partial charge in [0.1, 0.15) is 6.61 Å². The normalized spacial score (nSPS) is 17.3. The largest absolute Gasteiger partial charge is 0.447 e. The minimum Gasteiger partial charge on any atom is -0.447 e. The first-order valence-electron chi connectivity index (χ1n) is 8.32. The first kappa shape index (κ1) is 15.6. The standard InChI is InChI=1S/C20H23NO2/c1-2-17-10-6-7-11-18(17)12-13-21-19(15-23-20(21)22)14-16-8-4-3-5-9-16/h3-11,19H,2,12-15H2,1H3/t19-/m1/s1. The topological polar surface area (TPSA) is 29.5 Å².